The Bertz CT molecular complexity index is 515. The first-order valence-electron chi connectivity index (χ1n) is 6.06. The summed E-state index contributed by atoms with van der Waals surface area (Å²) in [6.07, 6.45) is 8.51. The van der Waals surface area contributed by atoms with Crippen molar-refractivity contribution >= 4 is 17.5 Å². The van der Waals surface area contributed by atoms with Gasteiger partial charge < -0.3 is 5.32 Å². The molecule has 0 saturated carbocycles. The van der Waals surface area contributed by atoms with Gasteiger partial charge in [0, 0.05) is 35.6 Å². The van der Waals surface area contributed by atoms with Crippen molar-refractivity contribution in [1.82, 2.24) is 20.1 Å². The lowest BCUT2D eigenvalue weighted by molar-refractivity contribution is 0.572. The minimum absolute atomic E-state index is 0.266. The van der Waals surface area contributed by atoms with E-state index in [9.17, 15) is 0 Å². The molecule has 2 rings (SSSR count). The Morgan fingerprint density at radius 2 is 2.39 bits per heavy atom. The second-order valence-corrected chi connectivity index (χ2v) is 5.28. The van der Waals surface area contributed by atoms with Gasteiger partial charge in [-0.05, 0) is 13.3 Å². The molecule has 0 radical (unpaired) electrons. The van der Waals surface area contributed by atoms with Crippen molar-refractivity contribution in [3.05, 3.63) is 40.6 Å². The number of nitrogens with one attached hydrogen (secondary N) is 1. The van der Waals surface area contributed by atoms with Gasteiger partial charge in [-0.2, -0.15) is 5.10 Å². The summed E-state index contributed by atoms with van der Waals surface area (Å²) in [6, 6.07) is 0.266. The Balaban J connectivity index is 1.91. The highest BCUT2D eigenvalue weighted by atomic mass is 32.1. The fourth-order valence-corrected chi connectivity index (χ4v) is 2.50. The molecule has 0 aliphatic carbocycles. The van der Waals surface area contributed by atoms with Gasteiger partial charge in [0.15, 0.2) is 0 Å². The monoisotopic (exact) mass is 262 g/mol. The van der Waals surface area contributed by atoms with Gasteiger partial charge in [-0.25, -0.2) is 9.67 Å². The lowest BCUT2D eigenvalue weighted by Crippen LogP contribution is -2.17. The second-order valence-electron chi connectivity index (χ2n) is 4.13. The molecule has 0 amide bonds. The van der Waals surface area contributed by atoms with Crippen LogP contribution in [0.25, 0.3) is 6.20 Å². The van der Waals surface area contributed by atoms with Gasteiger partial charge in [0.05, 0.1) is 12.2 Å². The molecule has 0 saturated heterocycles. The summed E-state index contributed by atoms with van der Waals surface area (Å²) in [7, 11) is 0. The quantitative estimate of drug-likeness (QED) is 0.870. The van der Waals surface area contributed by atoms with E-state index in [0.717, 1.165) is 23.5 Å². The number of nitrogens with zero attached hydrogens (tertiary/aromatic N) is 3. The van der Waals surface area contributed by atoms with Gasteiger partial charge in [-0.1, -0.05) is 13.5 Å². The van der Waals surface area contributed by atoms with Crippen LogP contribution in [0.1, 0.15) is 35.3 Å². The molecule has 2 aromatic rings. The molecule has 4 nitrogen and oxygen atoms in total. The predicted octanol–water partition coefficient (Wildman–Crippen LogP) is 2.85. The molecule has 1 N–H and O–H groups in total. The maximum Gasteiger partial charge on any atom is 0.109 e. The normalized spacial score (nSPS) is 12.6. The van der Waals surface area contributed by atoms with E-state index in [0.29, 0.717) is 0 Å². The number of aryl methyl sites for hydroxylation is 1. The van der Waals surface area contributed by atoms with E-state index in [1.807, 2.05) is 18.6 Å². The molecule has 0 bridgehead atoms. The van der Waals surface area contributed by atoms with Crippen molar-refractivity contribution in [2.45, 2.75) is 32.9 Å². The van der Waals surface area contributed by atoms with E-state index in [1.54, 1.807) is 22.2 Å². The first kappa shape index (κ1) is 13.0. The van der Waals surface area contributed by atoms with Crippen LogP contribution in [0.3, 0.4) is 0 Å². The fraction of sp³-hybridized carbons (Fsp3) is 0.385. The van der Waals surface area contributed by atoms with Crippen molar-refractivity contribution < 1.29 is 0 Å². The lowest BCUT2D eigenvalue weighted by Gasteiger charge is -2.09. The van der Waals surface area contributed by atoms with Gasteiger partial charge in [0.1, 0.15) is 5.01 Å². The average molecular weight is 262 g/mol. The van der Waals surface area contributed by atoms with E-state index in [1.165, 1.54) is 4.88 Å². The van der Waals surface area contributed by atoms with E-state index in [-0.39, 0.29) is 6.04 Å². The van der Waals surface area contributed by atoms with Crippen molar-refractivity contribution in [3.8, 4) is 0 Å². The van der Waals surface area contributed by atoms with Gasteiger partial charge in [-0.3, -0.25) is 0 Å². The van der Waals surface area contributed by atoms with Gasteiger partial charge >= 0.3 is 0 Å². The summed E-state index contributed by atoms with van der Waals surface area (Å²) in [5, 5.41) is 8.74. The number of hydrogen-bond donors (Lipinski definition) is 1. The highest BCUT2D eigenvalue weighted by molar-refractivity contribution is 7.11. The fourth-order valence-electron chi connectivity index (χ4n) is 1.61. The molecule has 0 spiro atoms. The van der Waals surface area contributed by atoms with Crippen LogP contribution in [0.4, 0.5) is 0 Å². The Morgan fingerprint density at radius 1 is 1.56 bits per heavy atom. The highest BCUT2D eigenvalue weighted by Gasteiger charge is 2.09. The van der Waals surface area contributed by atoms with Crippen LogP contribution < -0.4 is 5.32 Å². The van der Waals surface area contributed by atoms with Crippen LogP contribution in [0.2, 0.25) is 0 Å². The molecule has 2 aromatic heterocycles. The first-order valence-corrected chi connectivity index (χ1v) is 6.88. The molecule has 1 atom stereocenters. The van der Waals surface area contributed by atoms with Crippen LogP contribution >= 0.6 is 11.3 Å². The van der Waals surface area contributed by atoms with Crippen molar-refractivity contribution in [2.24, 2.45) is 0 Å². The van der Waals surface area contributed by atoms with Crippen molar-refractivity contribution in [3.63, 3.8) is 0 Å². The Kier molecular flexibility index (Phi) is 4.28. The van der Waals surface area contributed by atoms with Crippen LogP contribution in [0.5, 0.6) is 0 Å². The summed E-state index contributed by atoms with van der Waals surface area (Å²) in [4.78, 5) is 5.77. The Morgan fingerprint density at radius 3 is 3.00 bits per heavy atom. The number of thiazole rings is 1. The first-order chi connectivity index (χ1) is 8.72. The third-order valence-corrected chi connectivity index (χ3v) is 4.07. The smallest absolute Gasteiger partial charge is 0.109 e. The van der Waals surface area contributed by atoms with Gasteiger partial charge in [0.2, 0.25) is 0 Å². The standard InChI is InChI=1S/C13H18N4S/c1-4-12-8-15-13(18-12)10(3)14-6-11-7-16-17(5-2)9-11/h5,7-10,14H,2,4,6H2,1,3H3. The topological polar surface area (TPSA) is 42.7 Å². The van der Waals surface area contributed by atoms with Crippen molar-refractivity contribution in [2.75, 3.05) is 0 Å². The van der Waals surface area contributed by atoms with E-state index in [2.05, 4.69) is 35.8 Å². The summed E-state index contributed by atoms with van der Waals surface area (Å²) in [5.41, 5.74) is 1.15. The summed E-state index contributed by atoms with van der Waals surface area (Å²) < 4.78 is 1.71. The largest absolute Gasteiger partial charge is 0.304 e. The Labute approximate surface area is 111 Å². The average Bonchev–Trinajstić information content (AvgIpc) is 3.04. The van der Waals surface area contributed by atoms with Crippen LogP contribution in [0.15, 0.2) is 25.2 Å². The van der Waals surface area contributed by atoms with Gasteiger partial charge in [0.25, 0.3) is 0 Å². The molecule has 96 valence electrons. The molecular weight excluding hydrogens is 244 g/mol. The molecule has 0 aliphatic heterocycles. The molecule has 5 heteroatoms. The third-order valence-electron chi connectivity index (χ3n) is 2.74. The number of aromatic nitrogens is 3. The van der Waals surface area contributed by atoms with E-state index < -0.39 is 0 Å². The molecular formula is C13H18N4S. The minimum Gasteiger partial charge on any atom is -0.304 e. The third kappa shape index (κ3) is 3.05. The molecule has 0 aromatic carbocycles. The molecule has 2 heterocycles. The molecule has 1 unspecified atom stereocenters. The van der Waals surface area contributed by atoms with Crippen LogP contribution in [0, 0.1) is 0 Å². The van der Waals surface area contributed by atoms with Crippen LogP contribution in [-0.2, 0) is 13.0 Å². The summed E-state index contributed by atoms with van der Waals surface area (Å²) >= 11 is 1.78. The van der Waals surface area contributed by atoms with Gasteiger partial charge in [-0.15, -0.1) is 11.3 Å². The van der Waals surface area contributed by atoms with E-state index in [4.69, 9.17) is 0 Å². The maximum atomic E-state index is 4.44. The number of rotatable bonds is 6. The Hall–Kier alpha value is -1.46. The maximum absolute atomic E-state index is 4.44. The zero-order chi connectivity index (χ0) is 13.0. The highest BCUT2D eigenvalue weighted by Crippen LogP contribution is 2.20. The summed E-state index contributed by atoms with van der Waals surface area (Å²) in [5.74, 6) is 0. The van der Waals surface area contributed by atoms with E-state index >= 15 is 0 Å². The molecule has 0 aliphatic rings. The zero-order valence-corrected chi connectivity index (χ0v) is 11.6. The molecule has 0 fully saturated rings. The zero-order valence-electron chi connectivity index (χ0n) is 10.8. The number of hydrogen-bond acceptors (Lipinski definition) is 4. The van der Waals surface area contributed by atoms with Crippen molar-refractivity contribution in [1.29, 1.82) is 0 Å². The predicted molar refractivity (Wildman–Crippen MR) is 75.4 cm³/mol. The molecule has 18 heavy (non-hydrogen) atoms. The second kappa shape index (κ2) is 5.93. The lowest BCUT2D eigenvalue weighted by atomic mass is 10.3. The minimum atomic E-state index is 0.266. The van der Waals surface area contributed by atoms with Crippen LogP contribution in [-0.4, -0.2) is 14.8 Å². The SMILES string of the molecule is C=Cn1cc(CNC(C)c2ncc(CC)s2)cn1. The summed E-state index contributed by atoms with van der Waals surface area (Å²) in [6.45, 7) is 8.75.